The van der Waals surface area contributed by atoms with Crippen LogP contribution in [0.5, 0.6) is 5.88 Å². The van der Waals surface area contributed by atoms with Gasteiger partial charge in [-0.15, -0.1) is 0 Å². The number of ether oxygens (including phenoxy) is 1. The van der Waals surface area contributed by atoms with Crippen LogP contribution in [0.4, 0.5) is 4.39 Å². The van der Waals surface area contributed by atoms with E-state index < -0.39 is 17.5 Å². The zero-order valence-electron chi connectivity index (χ0n) is 14.2. The van der Waals surface area contributed by atoms with Crippen LogP contribution in [0.25, 0.3) is 22.8 Å². The summed E-state index contributed by atoms with van der Waals surface area (Å²) in [6.45, 7) is 0. The summed E-state index contributed by atoms with van der Waals surface area (Å²) < 4.78 is 24.9. The zero-order chi connectivity index (χ0) is 18.6. The Bertz CT molecular complexity index is 1030. The van der Waals surface area contributed by atoms with Crippen molar-refractivity contribution in [2.75, 3.05) is 0 Å². The second-order valence-electron chi connectivity index (χ2n) is 6.98. The SMILES string of the molecule is O[C@@H]1Cc2cc(-c3nc(-c4ccc(Cl)c(F)c4)no3)cnc2OC12CCC2. The molecule has 138 valence electrons. The lowest BCUT2D eigenvalue weighted by atomic mass is 9.73. The van der Waals surface area contributed by atoms with Crippen LogP contribution in [0.3, 0.4) is 0 Å². The van der Waals surface area contributed by atoms with Gasteiger partial charge in [-0.1, -0.05) is 16.8 Å². The number of fused-ring (bicyclic) bond motifs is 1. The molecule has 5 rings (SSSR count). The Morgan fingerprint density at radius 3 is 2.81 bits per heavy atom. The number of aromatic nitrogens is 3. The summed E-state index contributed by atoms with van der Waals surface area (Å²) in [5.41, 5.74) is 1.40. The molecule has 1 spiro atoms. The van der Waals surface area contributed by atoms with Crippen molar-refractivity contribution in [1.29, 1.82) is 0 Å². The van der Waals surface area contributed by atoms with Gasteiger partial charge in [0.05, 0.1) is 16.7 Å². The van der Waals surface area contributed by atoms with Crippen LogP contribution in [0, 0.1) is 5.82 Å². The van der Waals surface area contributed by atoms with Gasteiger partial charge in [0.25, 0.3) is 5.89 Å². The largest absolute Gasteiger partial charge is 0.468 e. The first-order valence-electron chi connectivity index (χ1n) is 8.70. The molecule has 1 aliphatic carbocycles. The summed E-state index contributed by atoms with van der Waals surface area (Å²) in [5, 5.41) is 14.4. The minimum absolute atomic E-state index is 0.0316. The van der Waals surface area contributed by atoms with Crippen molar-refractivity contribution in [2.24, 2.45) is 0 Å². The van der Waals surface area contributed by atoms with Crippen LogP contribution in [0.15, 0.2) is 35.0 Å². The van der Waals surface area contributed by atoms with Gasteiger partial charge in [-0.25, -0.2) is 9.37 Å². The standard InChI is InChI=1S/C19H15ClFN3O3/c20-13-3-2-10(7-14(13)21)16-23-18(27-24-16)12-6-11-8-15(25)19(4-1-5-19)26-17(11)22-9-12/h2-3,6-7,9,15,25H,1,4-5,8H2/t15-/m1/s1. The molecule has 1 fully saturated rings. The average molecular weight is 388 g/mol. The molecule has 2 aromatic heterocycles. The van der Waals surface area contributed by atoms with Crippen LogP contribution >= 0.6 is 11.6 Å². The lowest BCUT2D eigenvalue weighted by Gasteiger charge is -2.47. The number of hydrogen-bond donors (Lipinski definition) is 1. The minimum Gasteiger partial charge on any atom is -0.468 e. The summed E-state index contributed by atoms with van der Waals surface area (Å²) >= 11 is 5.70. The number of hydrogen-bond acceptors (Lipinski definition) is 6. The molecule has 0 bridgehead atoms. The van der Waals surface area contributed by atoms with E-state index in [4.69, 9.17) is 20.9 Å². The van der Waals surface area contributed by atoms with Crippen LogP contribution in [-0.2, 0) is 6.42 Å². The number of halogens is 2. The third-order valence-corrected chi connectivity index (χ3v) is 5.60. The van der Waals surface area contributed by atoms with Crippen LogP contribution in [0.1, 0.15) is 24.8 Å². The summed E-state index contributed by atoms with van der Waals surface area (Å²) in [4.78, 5) is 8.69. The molecular weight excluding hydrogens is 373 g/mol. The molecule has 3 aromatic rings. The van der Waals surface area contributed by atoms with Gasteiger partial charge >= 0.3 is 0 Å². The lowest BCUT2D eigenvalue weighted by molar-refractivity contribution is -0.118. The zero-order valence-corrected chi connectivity index (χ0v) is 14.9. The second kappa shape index (κ2) is 6.00. The van der Waals surface area contributed by atoms with E-state index in [1.54, 1.807) is 12.3 Å². The Labute approximate surface area is 159 Å². The first-order valence-corrected chi connectivity index (χ1v) is 9.07. The molecule has 1 aliphatic heterocycles. The first kappa shape index (κ1) is 16.6. The van der Waals surface area contributed by atoms with Crippen molar-refractivity contribution >= 4 is 11.6 Å². The Morgan fingerprint density at radius 2 is 2.07 bits per heavy atom. The molecule has 3 heterocycles. The van der Waals surface area contributed by atoms with E-state index in [-0.39, 0.29) is 16.7 Å². The molecule has 6 nitrogen and oxygen atoms in total. The maximum Gasteiger partial charge on any atom is 0.259 e. The number of aliphatic hydroxyl groups excluding tert-OH is 1. The number of rotatable bonds is 2. The van der Waals surface area contributed by atoms with Crippen molar-refractivity contribution in [1.82, 2.24) is 15.1 Å². The van der Waals surface area contributed by atoms with E-state index in [1.165, 1.54) is 12.1 Å². The predicted molar refractivity (Wildman–Crippen MR) is 94.9 cm³/mol. The summed E-state index contributed by atoms with van der Waals surface area (Å²) in [6.07, 6.45) is 4.28. The Balaban J connectivity index is 1.45. The van der Waals surface area contributed by atoms with Crippen LogP contribution in [0.2, 0.25) is 5.02 Å². The number of nitrogens with zero attached hydrogens (tertiary/aromatic N) is 3. The molecular formula is C19H15ClFN3O3. The maximum absolute atomic E-state index is 13.7. The number of pyridine rings is 1. The normalized spacial score (nSPS) is 20.0. The van der Waals surface area contributed by atoms with Crippen molar-refractivity contribution in [3.05, 3.63) is 46.9 Å². The highest BCUT2D eigenvalue weighted by Crippen LogP contribution is 2.44. The van der Waals surface area contributed by atoms with Gasteiger partial charge < -0.3 is 14.4 Å². The van der Waals surface area contributed by atoms with E-state index in [0.717, 1.165) is 24.8 Å². The first-order chi connectivity index (χ1) is 13.0. The van der Waals surface area contributed by atoms with Crippen LogP contribution in [-0.4, -0.2) is 31.9 Å². The molecule has 0 amide bonds. The molecule has 27 heavy (non-hydrogen) atoms. The van der Waals surface area contributed by atoms with Crippen molar-refractivity contribution < 1.29 is 18.8 Å². The molecule has 2 aliphatic rings. The van der Waals surface area contributed by atoms with Gasteiger partial charge in [-0.05, 0) is 43.5 Å². The molecule has 0 radical (unpaired) electrons. The van der Waals surface area contributed by atoms with Gasteiger partial charge in [-0.2, -0.15) is 4.98 Å². The number of aliphatic hydroxyl groups is 1. The molecule has 1 aromatic carbocycles. The van der Waals surface area contributed by atoms with Gasteiger partial charge in [0.2, 0.25) is 11.7 Å². The van der Waals surface area contributed by atoms with E-state index in [2.05, 4.69) is 15.1 Å². The van der Waals surface area contributed by atoms with E-state index >= 15 is 0 Å². The fourth-order valence-corrected chi connectivity index (χ4v) is 3.68. The smallest absolute Gasteiger partial charge is 0.259 e. The van der Waals surface area contributed by atoms with E-state index in [0.29, 0.717) is 23.4 Å². The quantitative estimate of drug-likeness (QED) is 0.720. The fourth-order valence-electron chi connectivity index (χ4n) is 3.56. The van der Waals surface area contributed by atoms with Crippen LogP contribution < -0.4 is 4.74 Å². The Morgan fingerprint density at radius 1 is 1.22 bits per heavy atom. The topological polar surface area (TPSA) is 81.3 Å². The highest BCUT2D eigenvalue weighted by atomic mass is 35.5. The van der Waals surface area contributed by atoms with E-state index in [9.17, 15) is 9.50 Å². The molecule has 1 atom stereocenters. The maximum atomic E-state index is 13.7. The highest BCUT2D eigenvalue weighted by Gasteiger charge is 2.49. The van der Waals surface area contributed by atoms with Gasteiger partial charge in [0.15, 0.2) is 0 Å². The van der Waals surface area contributed by atoms with E-state index in [1.807, 2.05) is 6.07 Å². The third kappa shape index (κ3) is 2.69. The third-order valence-electron chi connectivity index (χ3n) is 5.30. The fraction of sp³-hybridized carbons (Fsp3) is 0.316. The highest BCUT2D eigenvalue weighted by molar-refractivity contribution is 6.30. The van der Waals surface area contributed by atoms with Gasteiger partial charge in [-0.3, -0.25) is 0 Å². The summed E-state index contributed by atoms with van der Waals surface area (Å²) in [6, 6.07) is 6.15. The monoisotopic (exact) mass is 387 g/mol. The summed E-state index contributed by atoms with van der Waals surface area (Å²) in [7, 11) is 0. The molecule has 0 unspecified atom stereocenters. The molecule has 1 saturated carbocycles. The minimum atomic E-state index is -0.550. The average Bonchev–Trinajstić information content (AvgIpc) is 3.11. The van der Waals surface area contributed by atoms with Crippen molar-refractivity contribution in [3.63, 3.8) is 0 Å². The van der Waals surface area contributed by atoms with Gasteiger partial charge in [0.1, 0.15) is 11.4 Å². The Hall–Kier alpha value is -2.51. The lowest BCUT2D eigenvalue weighted by Crippen LogP contribution is -2.56. The van der Waals surface area contributed by atoms with Gasteiger partial charge in [0, 0.05) is 23.7 Å². The Kier molecular flexibility index (Phi) is 3.70. The second-order valence-corrected chi connectivity index (χ2v) is 7.39. The van der Waals surface area contributed by atoms with Crippen molar-refractivity contribution in [3.8, 4) is 28.7 Å². The predicted octanol–water partition coefficient (Wildman–Crippen LogP) is 3.81. The molecule has 0 saturated heterocycles. The molecule has 8 heteroatoms. The number of benzene rings is 1. The summed E-state index contributed by atoms with van der Waals surface area (Å²) in [5.74, 6) is 0.507. The van der Waals surface area contributed by atoms with Crippen molar-refractivity contribution in [2.45, 2.75) is 37.4 Å². The molecule has 1 N–H and O–H groups in total.